The predicted molar refractivity (Wildman–Crippen MR) is 105 cm³/mol. The number of hydrogen-bond acceptors (Lipinski definition) is 4. The molecular formula is C21H40N4. The maximum atomic E-state index is 2.80. The van der Waals surface area contributed by atoms with Gasteiger partial charge in [-0.3, -0.25) is 14.7 Å². The van der Waals surface area contributed by atoms with Crippen LogP contribution in [0.25, 0.3) is 0 Å². The first kappa shape index (κ1) is 18.2. The second-order valence-electron chi connectivity index (χ2n) is 9.84. The Morgan fingerprint density at radius 2 is 1.36 bits per heavy atom. The smallest absolute Gasteiger partial charge is 0.0351 e. The quantitative estimate of drug-likeness (QED) is 0.754. The Balaban J connectivity index is 1.10. The molecule has 0 unspecified atom stereocenters. The first-order chi connectivity index (χ1) is 12.1. The first-order valence-electron chi connectivity index (χ1n) is 11.0. The zero-order valence-electron chi connectivity index (χ0n) is 16.9. The average Bonchev–Trinajstić information content (AvgIpc) is 2.53. The van der Waals surface area contributed by atoms with Crippen molar-refractivity contribution in [3.63, 3.8) is 0 Å². The van der Waals surface area contributed by atoms with Crippen LogP contribution in [0.2, 0.25) is 0 Å². The van der Waals surface area contributed by atoms with Crippen molar-refractivity contribution in [2.45, 2.75) is 51.6 Å². The lowest BCUT2D eigenvalue weighted by Gasteiger charge is -2.55. The van der Waals surface area contributed by atoms with E-state index in [0.29, 0.717) is 0 Å². The van der Waals surface area contributed by atoms with Gasteiger partial charge in [0.25, 0.3) is 0 Å². The Hall–Kier alpha value is -0.160. The van der Waals surface area contributed by atoms with E-state index in [1.807, 2.05) is 0 Å². The van der Waals surface area contributed by atoms with Crippen LogP contribution in [0.1, 0.15) is 39.5 Å². The molecule has 0 aliphatic carbocycles. The monoisotopic (exact) mass is 348 g/mol. The predicted octanol–water partition coefficient (Wildman–Crippen LogP) is 2.06. The molecular weight excluding hydrogens is 308 g/mol. The van der Waals surface area contributed by atoms with Crippen LogP contribution < -0.4 is 0 Å². The molecule has 0 radical (unpaired) electrons. The van der Waals surface area contributed by atoms with E-state index in [1.54, 1.807) is 0 Å². The van der Waals surface area contributed by atoms with Crippen molar-refractivity contribution in [1.82, 2.24) is 19.6 Å². The fraction of sp³-hybridized carbons (Fsp3) is 1.00. The Morgan fingerprint density at radius 3 is 1.96 bits per heavy atom. The van der Waals surface area contributed by atoms with E-state index in [-0.39, 0.29) is 0 Å². The summed E-state index contributed by atoms with van der Waals surface area (Å²) < 4.78 is 0. The van der Waals surface area contributed by atoms with Gasteiger partial charge in [-0.2, -0.15) is 0 Å². The third-order valence-corrected chi connectivity index (χ3v) is 7.73. The van der Waals surface area contributed by atoms with Crippen molar-refractivity contribution in [3.8, 4) is 0 Å². The Bertz CT molecular complexity index is 412. The highest BCUT2D eigenvalue weighted by Crippen LogP contribution is 2.30. The first-order valence-corrected chi connectivity index (χ1v) is 11.0. The van der Waals surface area contributed by atoms with Crippen LogP contribution in [-0.4, -0.2) is 97.6 Å². The highest BCUT2D eigenvalue weighted by molar-refractivity contribution is 4.99. The van der Waals surface area contributed by atoms with E-state index in [1.165, 1.54) is 84.6 Å². The summed E-state index contributed by atoms with van der Waals surface area (Å²) in [4.78, 5) is 10.8. The van der Waals surface area contributed by atoms with Crippen LogP contribution in [0.4, 0.5) is 0 Å². The van der Waals surface area contributed by atoms with Gasteiger partial charge in [0.1, 0.15) is 0 Å². The van der Waals surface area contributed by atoms with Crippen molar-refractivity contribution in [2.24, 2.45) is 17.8 Å². The molecule has 4 aliphatic rings. The fourth-order valence-corrected chi connectivity index (χ4v) is 5.50. The van der Waals surface area contributed by atoms with Gasteiger partial charge in [0.2, 0.25) is 0 Å². The largest absolute Gasteiger partial charge is 0.306 e. The van der Waals surface area contributed by atoms with Crippen LogP contribution in [-0.2, 0) is 0 Å². The van der Waals surface area contributed by atoms with Crippen molar-refractivity contribution < 1.29 is 0 Å². The van der Waals surface area contributed by atoms with Gasteiger partial charge in [-0.05, 0) is 76.7 Å². The topological polar surface area (TPSA) is 13.0 Å². The van der Waals surface area contributed by atoms with Gasteiger partial charge < -0.3 is 4.90 Å². The molecule has 4 saturated heterocycles. The molecule has 4 heteroatoms. The lowest BCUT2D eigenvalue weighted by Crippen LogP contribution is -2.70. The SMILES string of the molecule is CC(C)C1CCN(C2CN(C3CN(CC4CCN(C)CC4)C3)C2)CC1. The number of likely N-dealkylation sites (tertiary alicyclic amines) is 4. The molecule has 0 N–H and O–H groups in total. The summed E-state index contributed by atoms with van der Waals surface area (Å²) in [6, 6.07) is 1.74. The highest BCUT2D eigenvalue weighted by Gasteiger charge is 2.41. The van der Waals surface area contributed by atoms with E-state index >= 15 is 0 Å². The minimum absolute atomic E-state index is 0.871. The van der Waals surface area contributed by atoms with Crippen molar-refractivity contribution in [1.29, 1.82) is 0 Å². The van der Waals surface area contributed by atoms with E-state index in [4.69, 9.17) is 0 Å². The minimum atomic E-state index is 0.871. The summed E-state index contributed by atoms with van der Waals surface area (Å²) >= 11 is 0. The normalized spacial score (nSPS) is 30.7. The zero-order valence-corrected chi connectivity index (χ0v) is 16.9. The van der Waals surface area contributed by atoms with E-state index in [0.717, 1.165) is 29.8 Å². The van der Waals surface area contributed by atoms with Gasteiger partial charge in [0.05, 0.1) is 0 Å². The van der Waals surface area contributed by atoms with Crippen molar-refractivity contribution >= 4 is 0 Å². The van der Waals surface area contributed by atoms with Crippen LogP contribution in [0.15, 0.2) is 0 Å². The second kappa shape index (κ2) is 7.84. The minimum Gasteiger partial charge on any atom is -0.306 e. The Morgan fingerprint density at radius 1 is 0.760 bits per heavy atom. The molecule has 4 fully saturated rings. The van der Waals surface area contributed by atoms with E-state index in [9.17, 15) is 0 Å². The van der Waals surface area contributed by atoms with Crippen molar-refractivity contribution in [3.05, 3.63) is 0 Å². The molecule has 144 valence electrons. The van der Waals surface area contributed by atoms with Gasteiger partial charge in [-0.1, -0.05) is 13.8 Å². The maximum Gasteiger partial charge on any atom is 0.0351 e. The zero-order chi connectivity index (χ0) is 17.4. The van der Waals surface area contributed by atoms with E-state index in [2.05, 4.69) is 40.5 Å². The molecule has 0 aromatic carbocycles. The number of rotatable bonds is 5. The highest BCUT2D eigenvalue weighted by atomic mass is 15.4. The summed E-state index contributed by atoms with van der Waals surface area (Å²) in [6.07, 6.45) is 5.69. The third-order valence-electron chi connectivity index (χ3n) is 7.73. The van der Waals surface area contributed by atoms with Gasteiger partial charge in [-0.25, -0.2) is 0 Å². The van der Waals surface area contributed by atoms with Gasteiger partial charge in [0, 0.05) is 44.8 Å². The van der Waals surface area contributed by atoms with Gasteiger partial charge in [0.15, 0.2) is 0 Å². The molecule has 4 nitrogen and oxygen atoms in total. The van der Waals surface area contributed by atoms with E-state index < -0.39 is 0 Å². The molecule has 0 aromatic heterocycles. The average molecular weight is 349 g/mol. The molecule has 4 rings (SSSR count). The summed E-state index contributed by atoms with van der Waals surface area (Å²) in [5.41, 5.74) is 0. The molecule has 0 aromatic rings. The molecule has 0 amide bonds. The van der Waals surface area contributed by atoms with Crippen LogP contribution in [0.3, 0.4) is 0 Å². The summed E-state index contributed by atoms with van der Waals surface area (Å²) in [6.45, 7) is 16.9. The standard InChI is InChI=1S/C21H40N4/c1-17(2)19-6-10-24(11-7-19)21-15-25(16-21)20-13-23(14-20)12-18-4-8-22(3)9-5-18/h17-21H,4-16H2,1-3H3. The van der Waals surface area contributed by atoms with Crippen LogP contribution in [0.5, 0.6) is 0 Å². The molecule has 4 aliphatic heterocycles. The number of nitrogens with zero attached hydrogens (tertiary/aromatic N) is 4. The fourth-order valence-electron chi connectivity index (χ4n) is 5.50. The summed E-state index contributed by atoms with van der Waals surface area (Å²) in [5.74, 6) is 2.82. The lowest BCUT2D eigenvalue weighted by molar-refractivity contribution is -0.0631. The molecule has 25 heavy (non-hydrogen) atoms. The number of piperidine rings is 2. The van der Waals surface area contributed by atoms with Crippen molar-refractivity contribution in [2.75, 3.05) is 66.0 Å². The summed E-state index contributed by atoms with van der Waals surface area (Å²) in [5, 5.41) is 0. The van der Waals surface area contributed by atoms with Gasteiger partial charge in [-0.15, -0.1) is 0 Å². The Labute approximate surface area is 155 Å². The maximum absolute atomic E-state index is 2.80. The molecule has 0 bridgehead atoms. The molecule has 0 spiro atoms. The molecule has 0 saturated carbocycles. The van der Waals surface area contributed by atoms with Crippen LogP contribution >= 0.6 is 0 Å². The lowest BCUT2D eigenvalue weighted by atomic mass is 9.85. The Kier molecular flexibility index (Phi) is 5.71. The summed E-state index contributed by atoms with van der Waals surface area (Å²) in [7, 11) is 2.27. The molecule has 4 heterocycles. The van der Waals surface area contributed by atoms with Crippen LogP contribution in [0, 0.1) is 17.8 Å². The van der Waals surface area contributed by atoms with Gasteiger partial charge >= 0.3 is 0 Å². The third kappa shape index (κ3) is 4.23. The molecule has 0 atom stereocenters. The second-order valence-corrected chi connectivity index (χ2v) is 9.84. The number of hydrogen-bond donors (Lipinski definition) is 0.